The normalized spacial score (nSPS) is 19.5. The van der Waals surface area contributed by atoms with Crippen LogP contribution in [-0.2, 0) is 11.3 Å². The first-order valence-electron chi connectivity index (χ1n) is 9.62. The summed E-state index contributed by atoms with van der Waals surface area (Å²) < 4.78 is 11.1. The first-order valence-corrected chi connectivity index (χ1v) is 9.62. The molecule has 0 N–H and O–H groups in total. The highest BCUT2D eigenvalue weighted by Gasteiger charge is 2.30. The summed E-state index contributed by atoms with van der Waals surface area (Å²) in [6.07, 6.45) is 5.30. The van der Waals surface area contributed by atoms with Gasteiger partial charge in [-0.3, -0.25) is 4.90 Å². The molecule has 1 fully saturated rings. The highest BCUT2D eigenvalue weighted by molar-refractivity contribution is 5.60. The molecule has 27 heavy (non-hydrogen) atoms. The maximum absolute atomic E-state index is 5.58. The molecule has 0 bridgehead atoms. The molecule has 2 aromatic carbocycles. The summed E-state index contributed by atoms with van der Waals surface area (Å²) >= 11 is 0. The van der Waals surface area contributed by atoms with Crippen LogP contribution in [-0.4, -0.2) is 50.9 Å². The molecule has 0 saturated carbocycles. The molecule has 2 aromatic rings. The van der Waals surface area contributed by atoms with Crippen molar-refractivity contribution in [3.8, 4) is 18.1 Å². The first-order chi connectivity index (χ1) is 13.3. The Morgan fingerprint density at radius 1 is 1.11 bits per heavy atom. The third-order valence-corrected chi connectivity index (χ3v) is 5.33. The van der Waals surface area contributed by atoms with Crippen LogP contribution in [0.15, 0.2) is 48.5 Å². The summed E-state index contributed by atoms with van der Waals surface area (Å²) in [6.45, 7) is 7.10. The molecule has 0 spiro atoms. The Morgan fingerprint density at radius 3 is 2.81 bits per heavy atom. The van der Waals surface area contributed by atoms with Crippen molar-refractivity contribution < 1.29 is 9.47 Å². The van der Waals surface area contributed by atoms with Crippen LogP contribution in [0.3, 0.4) is 0 Å². The summed E-state index contributed by atoms with van der Waals surface area (Å²) in [6, 6.07) is 17.1. The minimum Gasteiger partial charge on any atom is -0.481 e. The SMILES string of the molecule is C#CCOc1cccc(CN2CC(CN3CCOCC3)c3ccccc32)c1. The van der Waals surface area contributed by atoms with Crippen LogP contribution in [0.5, 0.6) is 5.75 Å². The summed E-state index contributed by atoms with van der Waals surface area (Å²) in [4.78, 5) is 5.02. The van der Waals surface area contributed by atoms with Crippen LogP contribution in [0.25, 0.3) is 0 Å². The average Bonchev–Trinajstić information content (AvgIpc) is 3.05. The molecule has 0 amide bonds. The van der Waals surface area contributed by atoms with Crippen LogP contribution in [0, 0.1) is 12.3 Å². The molecule has 1 saturated heterocycles. The van der Waals surface area contributed by atoms with Gasteiger partial charge in [0.2, 0.25) is 0 Å². The lowest BCUT2D eigenvalue weighted by atomic mass is 10.0. The molecule has 0 aromatic heterocycles. The number of ether oxygens (including phenoxy) is 2. The van der Waals surface area contributed by atoms with Gasteiger partial charge in [-0.2, -0.15) is 0 Å². The van der Waals surface area contributed by atoms with Crippen molar-refractivity contribution in [3.05, 3.63) is 59.7 Å². The minimum atomic E-state index is 0.303. The second-order valence-electron chi connectivity index (χ2n) is 7.19. The van der Waals surface area contributed by atoms with E-state index in [2.05, 4.69) is 52.1 Å². The molecule has 0 aliphatic carbocycles. The highest BCUT2D eigenvalue weighted by Crippen LogP contribution is 2.37. The van der Waals surface area contributed by atoms with E-state index in [4.69, 9.17) is 15.9 Å². The number of para-hydroxylation sites is 1. The predicted octanol–water partition coefficient (Wildman–Crippen LogP) is 3.13. The number of morpholine rings is 1. The summed E-state index contributed by atoms with van der Waals surface area (Å²) in [5, 5.41) is 0. The Hall–Kier alpha value is -2.48. The highest BCUT2D eigenvalue weighted by atomic mass is 16.5. The molecule has 4 rings (SSSR count). The second-order valence-corrected chi connectivity index (χ2v) is 7.19. The Morgan fingerprint density at radius 2 is 1.96 bits per heavy atom. The van der Waals surface area contributed by atoms with Gasteiger partial charge < -0.3 is 14.4 Å². The van der Waals surface area contributed by atoms with Crippen molar-refractivity contribution in [2.24, 2.45) is 0 Å². The van der Waals surface area contributed by atoms with Gasteiger partial charge in [0.1, 0.15) is 12.4 Å². The third kappa shape index (κ3) is 4.27. The molecule has 0 radical (unpaired) electrons. The quantitative estimate of drug-likeness (QED) is 0.737. The topological polar surface area (TPSA) is 24.9 Å². The molecule has 2 aliphatic heterocycles. The Balaban J connectivity index is 1.48. The lowest BCUT2D eigenvalue weighted by Crippen LogP contribution is -2.39. The Kier molecular flexibility index (Phi) is 5.62. The van der Waals surface area contributed by atoms with Crippen molar-refractivity contribution in [2.75, 3.05) is 50.9 Å². The number of rotatable bonds is 6. The van der Waals surface area contributed by atoms with E-state index >= 15 is 0 Å². The number of benzene rings is 2. The zero-order valence-electron chi connectivity index (χ0n) is 15.6. The fraction of sp³-hybridized carbons (Fsp3) is 0.391. The summed E-state index contributed by atoms with van der Waals surface area (Å²) in [5.74, 6) is 3.90. The van der Waals surface area contributed by atoms with Gasteiger partial charge in [-0.1, -0.05) is 36.3 Å². The van der Waals surface area contributed by atoms with Gasteiger partial charge in [-0.05, 0) is 29.3 Å². The van der Waals surface area contributed by atoms with Crippen LogP contribution >= 0.6 is 0 Å². The molecular formula is C23H26N2O2. The van der Waals surface area contributed by atoms with E-state index in [1.165, 1.54) is 16.8 Å². The van der Waals surface area contributed by atoms with Crippen molar-refractivity contribution in [1.82, 2.24) is 4.90 Å². The number of hydrogen-bond donors (Lipinski definition) is 0. The molecule has 4 nitrogen and oxygen atoms in total. The third-order valence-electron chi connectivity index (χ3n) is 5.33. The van der Waals surface area contributed by atoms with Crippen LogP contribution < -0.4 is 9.64 Å². The molecule has 4 heteroatoms. The number of terminal acetylenes is 1. The zero-order valence-corrected chi connectivity index (χ0v) is 15.6. The Bertz CT molecular complexity index is 808. The van der Waals surface area contributed by atoms with Gasteiger partial charge in [-0.25, -0.2) is 0 Å². The lowest BCUT2D eigenvalue weighted by Gasteiger charge is -2.29. The smallest absolute Gasteiger partial charge is 0.148 e. The van der Waals surface area contributed by atoms with Crippen molar-refractivity contribution >= 4 is 5.69 Å². The van der Waals surface area contributed by atoms with E-state index in [1.54, 1.807) is 0 Å². The van der Waals surface area contributed by atoms with E-state index < -0.39 is 0 Å². The van der Waals surface area contributed by atoms with E-state index in [0.29, 0.717) is 12.5 Å². The van der Waals surface area contributed by atoms with Gasteiger partial charge in [0, 0.05) is 44.3 Å². The zero-order chi connectivity index (χ0) is 18.5. The van der Waals surface area contributed by atoms with Crippen molar-refractivity contribution in [2.45, 2.75) is 12.5 Å². The molecule has 1 atom stereocenters. The summed E-state index contributed by atoms with van der Waals surface area (Å²) in [7, 11) is 0. The van der Waals surface area contributed by atoms with Crippen LogP contribution in [0.1, 0.15) is 17.0 Å². The van der Waals surface area contributed by atoms with E-state index in [1.807, 2.05) is 12.1 Å². The molecule has 2 heterocycles. The van der Waals surface area contributed by atoms with Gasteiger partial charge in [0.05, 0.1) is 13.2 Å². The van der Waals surface area contributed by atoms with E-state index in [0.717, 1.165) is 51.7 Å². The second kappa shape index (κ2) is 8.47. The predicted molar refractivity (Wildman–Crippen MR) is 108 cm³/mol. The van der Waals surface area contributed by atoms with E-state index in [-0.39, 0.29) is 0 Å². The standard InChI is InChI=1S/C23H26N2O2/c1-2-12-27-21-7-5-6-19(15-21)16-25-18-20(17-24-10-13-26-14-11-24)22-8-3-4-9-23(22)25/h1,3-9,15,20H,10-14,16-18H2. The monoisotopic (exact) mass is 362 g/mol. The van der Waals surface area contributed by atoms with E-state index in [9.17, 15) is 0 Å². The molecule has 140 valence electrons. The average molecular weight is 362 g/mol. The maximum Gasteiger partial charge on any atom is 0.148 e. The number of fused-ring (bicyclic) bond motifs is 1. The fourth-order valence-corrected chi connectivity index (χ4v) is 4.06. The Labute approximate surface area is 161 Å². The van der Waals surface area contributed by atoms with Crippen LogP contribution in [0.2, 0.25) is 0 Å². The number of nitrogens with zero attached hydrogens (tertiary/aromatic N) is 2. The fourth-order valence-electron chi connectivity index (χ4n) is 4.06. The number of anilines is 1. The maximum atomic E-state index is 5.58. The van der Waals surface area contributed by atoms with Gasteiger partial charge in [0.15, 0.2) is 0 Å². The largest absolute Gasteiger partial charge is 0.481 e. The minimum absolute atomic E-state index is 0.303. The molecule has 1 unspecified atom stereocenters. The van der Waals surface area contributed by atoms with Crippen molar-refractivity contribution in [3.63, 3.8) is 0 Å². The summed E-state index contributed by atoms with van der Waals surface area (Å²) in [5.41, 5.74) is 4.06. The first kappa shape index (κ1) is 17.9. The van der Waals surface area contributed by atoms with Crippen molar-refractivity contribution in [1.29, 1.82) is 0 Å². The van der Waals surface area contributed by atoms with Gasteiger partial charge in [-0.15, -0.1) is 6.42 Å². The van der Waals surface area contributed by atoms with Gasteiger partial charge >= 0.3 is 0 Å². The lowest BCUT2D eigenvalue weighted by molar-refractivity contribution is 0.0356. The van der Waals surface area contributed by atoms with Crippen LogP contribution in [0.4, 0.5) is 5.69 Å². The molecule has 2 aliphatic rings. The number of hydrogen-bond acceptors (Lipinski definition) is 4. The molecular weight excluding hydrogens is 336 g/mol. The van der Waals surface area contributed by atoms with Gasteiger partial charge in [0.25, 0.3) is 0 Å².